The first-order valence-electron chi connectivity index (χ1n) is 43.0. The first-order valence-corrected chi connectivity index (χ1v) is 43.0. The van der Waals surface area contributed by atoms with Crippen molar-refractivity contribution >= 4 is 84.4 Å². The Morgan fingerprint density at radius 2 is 0.792 bits per heavy atom. The fourth-order valence-corrected chi connectivity index (χ4v) is 16.2. The molecule has 2 heterocycles. The number of carboxylic acids is 2. The number of ether oxygens (including phenoxy) is 3. The lowest BCUT2D eigenvalue weighted by Crippen LogP contribution is -2.49. The lowest BCUT2D eigenvalue weighted by Gasteiger charge is -2.27. The summed E-state index contributed by atoms with van der Waals surface area (Å²) in [6.07, 6.45) is 14.4. The van der Waals surface area contributed by atoms with E-state index in [9.17, 15) is 68.1 Å². The van der Waals surface area contributed by atoms with Gasteiger partial charge in [0.15, 0.2) is 0 Å². The lowest BCUT2D eigenvalue weighted by molar-refractivity contribution is -0.143. The van der Waals surface area contributed by atoms with Gasteiger partial charge in [-0.3, -0.25) is 29.0 Å². The smallest absolute Gasteiger partial charge is 0.410 e. The van der Waals surface area contributed by atoms with Gasteiger partial charge in [0.25, 0.3) is 0 Å². The Balaban J connectivity index is 0.000000361. The number of Topliss-reactive ketones (excluding diaryl/α,β-unsaturated/α-hetero) is 2. The molecule has 0 spiro atoms. The summed E-state index contributed by atoms with van der Waals surface area (Å²) in [5.74, 6) is -0.590. The van der Waals surface area contributed by atoms with Gasteiger partial charge in [0.05, 0.1) is 43.3 Å². The second-order valence-corrected chi connectivity index (χ2v) is 32.7. The second kappa shape index (κ2) is 54.1. The van der Waals surface area contributed by atoms with E-state index in [0.29, 0.717) is 81.6 Å². The summed E-state index contributed by atoms with van der Waals surface area (Å²) < 4.78 is 16.4. The number of aliphatic carboxylic acids is 2. The van der Waals surface area contributed by atoms with E-state index < -0.39 is 84.1 Å². The van der Waals surface area contributed by atoms with E-state index in [1.807, 2.05) is 120 Å². The first-order chi connectivity index (χ1) is 58.5. The fraction of sp³-hybridized carbons (Fsp3) is 0.587. The van der Waals surface area contributed by atoms with Crippen LogP contribution in [0.15, 0.2) is 112 Å². The molecule has 33 heteroatoms. The summed E-state index contributed by atoms with van der Waals surface area (Å²) in [5.41, 5.74) is 25.7. The predicted octanol–water partition coefficient (Wildman–Crippen LogP) is 12.5. The normalized spacial score (nSPS) is 21.5. The molecule has 7 aliphatic rings. The van der Waals surface area contributed by atoms with Gasteiger partial charge < -0.3 is 72.7 Å². The van der Waals surface area contributed by atoms with Crippen LogP contribution in [0.25, 0.3) is 22.3 Å². The molecule has 0 aromatic heterocycles. The number of fused-ring (bicyclic) bond motifs is 6. The van der Waals surface area contributed by atoms with Crippen LogP contribution >= 0.6 is 0 Å². The summed E-state index contributed by atoms with van der Waals surface area (Å²) in [4.78, 5) is 134. The number of aliphatic hydroxyl groups is 2. The standard InChI is InChI=1S/C35H45N5O6.C20H19NO5.C18H32N4O5.C15H28N4O2.CH5N.3CH4/c1-3-24(19-37-39-34(44)36-18-22-13-15-23(16-14-22)32(42)4-2)38-33(43)31-17-25(41)20-40(31)35(45)46-21-30-28-11-7-5-9-26(28)27-10-6-8-12-29(27)30;22-12-9-18(19(23)24)21(10-12)20(25)26-11-17-15-7-3-1-5-13(15)14-6-2-4-8-16(14)17;1-5-14(21-17(26)27-18(2,3)4)11-20-22-16(25)19-10-12-6-8-13(9-7-12)15(23)24;1-3-13(16)10-18-19-15(21)17-9-11-5-7-12(8-6-11)14(20)4-2;1-2;;;/h5-12,19,22-25,30-31,41H,3-4,13-18,20-21H2,1-2H3,(H,38,43)(H2,36,39,44);1-8,12,17-18,22H,9-11H2,(H,23,24);11-14H,5-10H2,1-4H3,(H,21,26)(H,23,24)(H2,19,22,25);10-13H,3-9,16H2,1-2H3,(H2,17,19,21);2H2,1H3;3*1H4/b37-19+;;20-11+;18-10+;;;;/t22?,23?,24-,25+,31-;12-,18+;12?,13?,14-;11?,12?,13-;;;;/m0100..../s1. The van der Waals surface area contributed by atoms with Crippen molar-refractivity contribution in [1.29, 1.82) is 0 Å². The third-order valence-electron chi connectivity index (χ3n) is 23.1. The van der Waals surface area contributed by atoms with Gasteiger partial charge in [0, 0.05) is 93.7 Å². The second-order valence-electron chi connectivity index (χ2n) is 32.7. The molecule has 2 saturated heterocycles. The number of hydrogen-bond acceptors (Lipinski definition) is 21. The van der Waals surface area contributed by atoms with Crippen molar-refractivity contribution in [2.45, 2.75) is 260 Å². The highest BCUT2D eigenvalue weighted by Gasteiger charge is 2.43. The van der Waals surface area contributed by atoms with Crippen LogP contribution in [0.4, 0.5) is 28.8 Å². The van der Waals surface area contributed by atoms with Gasteiger partial charge in [-0.05, 0) is 186 Å². The van der Waals surface area contributed by atoms with Gasteiger partial charge >= 0.3 is 48.3 Å². The number of β-amino-alcohol motifs (C(OH)–C–C–N with tert-alkyl or cyclic N) is 2. The quantitative estimate of drug-likeness (QED) is 0.0143. The van der Waals surface area contributed by atoms with Crippen molar-refractivity contribution in [2.75, 3.05) is 53.0 Å². The number of likely N-dealkylation sites (tertiary alicyclic amines) is 2. The van der Waals surface area contributed by atoms with Gasteiger partial charge in [-0.25, -0.2) is 49.8 Å². The van der Waals surface area contributed by atoms with Gasteiger partial charge in [-0.1, -0.05) is 154 Å². The molecule has 692 valence electrons. The molecule has 3 saturated carbocycles. The largest absolute Gasteiger partial charge is 0.481 e. The minimum Gasteiger partial charge on any atom is -0.481 e. The van der Waals surface area contributed by atoms with E-state index in [-0.39, 0.29) is 115 Å². The van der Waals surface area contributed by atoms with Crippen molar-refractivity contribution in [3.63, 3.8) is 0 Å². The van der Waals surface area contributed by atoms with E-state index in [1.165, 1.54) is 30.6 Å². The number of benzene rings is 4. The molecule has 5 fully saturated rings. The molecule has 5 aliphatic carbocycles. The molecular formula is C92H141N15O18. The van der Waals surface area contributed by atoms with E-state index in [1.54, 1.807) is 20.8 Å². The maximum Gasteiger partial charge on any atom is 0.410 e. The number of hydrazone groups is 3. The fourth-order valence-electron chi connectivity index (χ4n) is 16.2. The third-order valence-corrected chi connectivity index (χ3v) is 23.1. The van der Waals surface area contributed by atoms with Crippen LogP contribution in [-0.2, 0) is 38.2 Å². The molecule has 11 rings (SSSR count). The lowest BCUT2D eigenvalue weighted by atomic mass is 9.79. The van der Waals surface area contributed by atoms with Crippen LogP contribution in [0.2, 0.25) is 0 Å². The number of urea groups is 3. The minimum absolute atomic E-state index is 0. The molecule has 4 aromatic carbocycles. The van der Waals surface area contributed by atoms with E-state index in [2.05, 4.69) is 76.0 Å². The summed E-state index contributed by atoms with van der Waals surface area (Å²) in [5, 5.41) is 63.9. The van der Waals surface area contributed by atoms with Gasteiger partial charge in [-0.2, -0.15) is 15.3 Å². The number of nitrogens with one attached hydrogen (secondary N) is 8. The van der Waals surface area contributed by atoms with Gasteiger partial charge in [-0.15, -0.1) is 0 Å². The molecule has 33 nitrogen and oxygen atoms in total. The molecule has 10 amide bonds. The maximum atomic E-state index is 13.3. The Bertz CT molecular complexity index is 4100. The van der Waals surface area contributed by atoms with Crippen LogP contribution in [0.3, 0.4) is 0 Å². The molecule has 125 heavy (non-hydrogen) atoms. The van der Waals surface area contributed by atoms with E-state index in [4.69, 9.17) is 25.1 Å². The molecule has 4 aromatic rings. The number of carbonyl (C=O) groups excluding carboxylic acids is 9. The molecule has 2 aliphatic heterocycles. The number of carboxylic acid groups (broad SMARTS) is 2. The minimum atomic E-state index is -1.13. The van der Waals surface area contributed by atoms with Crippen LogP contribution in [0, 0.1) is 35.5 Å². The Morgan fingerprint density at radius 3 is 1.12 bits per heavy atom. The van der Waals surface area contributed by atoms with Crippen molar-refractivity contribution in [3.05, 3.63) is 119 Å². The highest BCUT2D eigenvalue weighted by Crippen LogP contribution is 2.46. The zero-order chi connectivity index (χ0) is 89.0. The summed E-state index contributed by atoms with van der Waals surface area (Å²) >= 11 is 0. The van der Waals surface area contributed by atoms with Crippen molar-refractivity contribution < 1.29 is 87.4 Å². The Hall–Kier alpha value is -10.9. The number of carbonyl (C=O) groups is 11. The molecular weight excluding hydrogens is 1600 g/mol. The summed E-state index contributed by atoms with van der Waals surface area (Å²) in [6, 6.07) is 28.0. The van der Waals surface area contributed by atoms with Crippen molar-refractivity contribution in [2.24, 2.45) is 62.3 Å². The highest BCUT2D eigenvalue weighted by molar-refractivity contribution is 5.90. The zero-order valence-corrected chi connectivity index (χ0v) is 71.9. The number of ketones is 2. The topological polar surface area (TPSA) is 488 Å². The maximum absolute atomic E-state index is 13.3. The predicted molar refractivity (Wildman–Crippen MR) is 484 cm³/mol. The van der Waals surface area contributed by atoms with Crippen LogP contribution in [0.1, 0.15) is 234 Å². The average molecular weight is 1750 g/mol. The number of amides is 10. The van der Waals surface area contributed by atoms with E-state index in [0.717, 1.165) is 120 Å². The number of alkyl carbamates (subject to hydrolysis) is 1. The van der Waals surface area contributed by atoms with Crippen LogP contribution in [-0.4, -0.2) is 216 Å². The average Bonchev–Trinajstić information content (AvgIpc) is 1.61. The Labute approximate surface area is 737 Å². The zero-order valence-electron chi connectivity index (χ0n) is 71.9. The molecule has 0 bridgehead atoms. The Morgan fingerprint density at radius 1 is 0.464 bits per heavy atom. The third kappa shape index (κ3) is 33.2. The SMILES string of the molecule is C.C.C.CCC(=O)C1CCC(CNC(=O)N/N=C/[C@@H](N)CC)CC1.CCC(=O)C1CCC(CNC(=O)N/N=C/[C@H](CC)NC(=O)[C@@H]2C[C@@H](O)CN2C(=O)OCC2c3ccccc3-c3ccccc32)CC1.CC[C@@H](/C=N/NC(=O)NCC1CCC(C(=O)O)CC1)NC(=O)OC(C)(C)C.CN.O=C(O)[C@@H]1C[C@@H](O)CN1C(=O)OCC1c2ccccc2-c2ccccc21. The highest BCUT2D eigenvalue weighted by atomic mass is 16.6. The first kappa shape index (κ1) is 106. The molecule has 16 N–H and O–H groups in total. The van der Waals surface area contributed by atoms with Crippen LogP contribution < -0.4 is 54.3 Å². The van der Waals surface area contributed by atoms with E-state index >= 15 is 0 Å². The number of hydrogen-bond donors (Lipinski definition) is 14. The monoisotopic (exact) mass is 1740 g/mol. The number of aliphatic hydroxyl groups excluding tert-OH is 2. The molecule has 0 unspecified atom stereocenters. The number of rotatable bonds is 28. The molecule has 7 atom stereocenters. The number of nitrogens with zero attached hydrogens (tertiary/aromatic N) is 5. The van der Waals surface area contributed by atoms with Gasteiger partial charge in [0.2, 0.25) is 5.91 Å². The number of nitrogens with two attached hydrogens (primary N) is 2. The van der Waals surface area contributed by atoms with Crippen molar-refractivity contribution in [3.8, 4) is 22.3 Å². The summed E-state index contributed by atoms with van der Waals surface area (Å²) in [7, 11) is 1.50. The van der Waals surface area contributed by atoms with Crippen LogP contribution in [0.5, 0.6) is 0 Å². The molecule has 0 radical (unpaired) electrons. The van der Waals surface area contributed by atoms with Gasteiger partial charge in [0.1, 0.15) is 42.5 Å². The summed E-state index contributed by atoms with van der Waals surface area (Å²) in [6.45, 7) is 16.7. The van der Waals surface area contributed by atoms with Crippen molar-refractivity contribution in [1.82, 2.24) is 52.7 Å². The Kier molecular flexibility index (Phi) is 46.1.